The SMILES string of the molecule is Cc1ccc(C(=O)Nc2cccc(OC(F)(F)F)c2)cc1Cc1nc(-c2ccc(F)cc2)c2[nH]ccc2n1. The fourth-order valence-corrected chi connectivity index (χ4v) is 4.04. The number of anilines is 1. The number of fused-ring (bicyclic) bond motifs is 1. The van der Waals surface area contributed by atoms with Crippen LogP contribution in [0, 0.1) is 12.7 Å². The van der Waals surface area contributed by atoms with Crippen LogP contribution in [0.2, 0.25) is 0 Å². The Hall–Kier alpha value is -4.73. The van der Waals surface area contributed by atoms with E-state index in [9.17, 15) is 22.4 Å². The molecule has 2 aromatic heterocycles. The van der Waals surface area contributed by atoms with Gasteiger partial charge in [-0.25, -0.2) is 14.4 Å². The molecule has 1 amide bonds. The summed E-state index contributed by atoms with van der Waals surface area (Å²) in [5, 5.41) is 2.60. The van der Waals surface area contributed by atoms with Crippen molar-refractivity contribution < 1.29 is 27.1 Å². The van der Waals surface area contributed by atoms with E-state index in [1.165, 1.54) is 24.3 Å². The van der Waals surface area contributed by atoms with E-state index in [1.807, 2.05) is 13.0 Å². The van der Waals surface area contributed by atoms with Crippen molar-refractivity contribution in [1.82, 2.24) is 15.0 Å². The first-order valence-electron chi connectivity index (χ1n) is 11.5. The molecular weight excluding hydrogens is 500 g/mol. The molecule has 0 radical (unpaired) electrons. The molecule has 0 fully saturated rings. The number of aromatic nitrogens is 3. The standard InChI is InChI=1S/C28H20F4N4O2/c1-16-5-6-18(27(37)34-21-3-2-4-22(15-21)38-28(30,31)32)13-19(16)14-24-35-23-11-12-33-26(23)25(36-24)17-7-9-20(29)10-8-17/h2-13,15,33H,14H2,1H3,(H,34,37). The Kier molecular flexibility index (Phi) is 6.54. The van der Waals surface area contributed by atoms with E-state index >= 15 is 0 Å². The van der Waals surface area contributed by atoms with Crippen molar-refractivity contribution >= 4 is 22.6 Å². The number of hydrogen-bond donors (Lipinski definition) is 2. The minimum atomic E-state index is -4.84. The van der Waals surface area contributed by atoms with Gasteiger partial charge in [-0.3, -0.25) is 4.79 Å². The lowest BCUT2D eigenvalue weighted by Crippen LogP contribution is -2.17. The summed E-state index contributed by atoms with van der Waals surface area (Å²) in [5.41, 5.74) is 4.95. The lowest BCUT2D eigenvalue weighted by atomic mass is 10.0. The number of carbonyl (C=O) groups is 1. The Morgan fingerprint density at radius 2 is 1.79 bits per heavy atom. The van der Waals surface area contributed by atoms with Gasteiger partial charge in [-0.2, -0.15) is 0 Å². The number of hydrogen-bond acceptors (Lipinski definition) is 4. The predicted molar refractivity (Wildman–Crippen MR) is 134 cm³/mol. The summed E-state index contributed by atoms with van der Waals surface area (Å²) in [6, 6.07) is 18.0. The number of rotatable bonds is 6. The highest BCUT2D eigenvalue weighted by Crippen LogP contribution is 2.27. The number of alkyl halides is 3. The van der Waals surface area contributed by atoms with E-state index in [1.54, 1.807) is 36.5 Å². The highest BCUT2D eigenvalue weighted by atomic mass is 19.4. The van der Waals surface area contributed by atoms with Gasteiger partial charge in [0.2, 0.25) is 0 Å². The van der Waals surface area contributed by atoms with Crippen molar-refractivity contribution in [2.75, 3.05) is 5.32 Å². The fourth-order valence-electron chi connectivity index (χ4n) is 4.04. The summed E-state index contributed by atoms with van der Waals surface area (Å²) >= 11 is 0. The van der Waals surface area contributed by atoms with Gasteiger partial charge < -0.3 is 15.0 Å². The van der Waals surface area contributed by atoms with Crippen molar-refractivity contribution in [2.45, 2.75) is 19.7 Å². The van der Waals surface area contributed by atoms with Gasteiger partial charge in [-0.15, -0.1) is 13.2 Å². The third-order valence-electron chi connectivity index (χ3n) is 5.86. The molecular formula is C28H20F4N4O2. The summed E-state index contributed by atoms with van der Waals surface area (Å²) < 4.78 is 55.0. The number of benzene rings is 3. The Morgan fingerprint density at radius 3 is 2.55 bits per heavy atom. The number of ether oxygens (including phenoxy) is 1. The van der Waals surface area contributed by atoms with Crippen LogP contribution in [0.15, 0.2) is 79.0 Å². The average molecular weight is 520 g/mol. The van der Waals surface area contributed by atoms with E-state index in [0.29, 0.717) is 29.0 Å². The zero-order valence-corrected chi connectivity index (χ0v) is 19.9. The van der Waals surface area contributed by atoms with E-state index in [-0.39, 0.29) is 11.5 Å². The molecule has 38 heavy (non-hydrogen) atoms. The molecule has 0 atom stereocenters. The highest BCUT2D eigenvalue weighted by molar-refractivity contribution is 6.04. The first-order valence-corrected chi connectivity index (χ1v) is 11.5. The van der Waals surface area contributed by atoms with Crippen LogP contribution in [-0.2, 0) is 6.42 Å². The van der Waals surface area contributed by atoms with Crippen molar-refractivity contribution in [2.24, 2.45) is 0 Å². The highest BCUT2D eigenvalue weighted by Gasteiger charge is 2.31. The molecule has 0 bridgehead atoms. The molecule has 5 aromatic rings. The lowest BCUT2D eigenvalue weighted by Gasteiger charge is -2.12. The quantitative estimate of drug-likeness (QED) is 0.241. The van der Waals surface area contributed by atoms with Crippen LogP contribution < -0.4 is 10.1 Å². The molecule has 2 N–H and O–H groups in total. The van der Waals surface area contributed by atoms with Gasteiger partial charge in [-0.05, 0) is 72.6 Å². The lowest BCUT2D eigenvalue weighted by molar-refractivity contribution is -0.274. The second kappa shape index (κ2) is 9.97. The van der Waals surface area contributed by atoms with Gasteiger partial charge in [0.05, 0.1) is 16.7 Å². The van der Waals surface area contributed by atoms with Crippen LogP contribution in [-0.4, -0.2) is 27.2 Å². The van der Waals surface area contributed by atoms with Crippen LogP contribution in [0.3, 0.4) is 0 Å². The molecule has 0 unspecified atom stereocenters. The topological polar surface area (TPSA) is 79.9 Å². The fraction of sp³-hybridized carbons (Fsp3) is 0.107. The zero-order chi connectivity index (χ0) is 26.9. The smallest absolute Gasteiger partial charge is 0.406 e. The normalized spacial score (nSPS) is 11.5. The summed E-state index contributed by atoms with van der Waals surface area (Å²) in [4.78, 5) is 25.4. The monoisotopic (exact) mass is 520 g/mol. The average Bonchev–Trinajstić information content (AvgIpc) is 3.33. The molecule has 0 aliphatic heterocycles. The van der Waals surface area contributed by atoms with Crippen molar-refractivity contribution in [3.63, 3.8) is 0 Å². The maximum Gasteiger partial charge on any atom is 0.573 e. The molecule has 192 valence electrons. The summed E-state index contributed by atoms with van der Waals surface area (Å²) in [5.74, 6) is -0.774. The first kappa shape index (κ1) is 24.9. The van der Waals surface area contributed by atoms with E-state index in [2.05, 4.69) is 20.0 Å². The van der Waals surface area contributed by atoms with Gasteiger partial charge in [0, 0.05) is 35.5 Å². The Balaban J connectivity index is 1.41. The van der Waals surface area contributed by atoms with E-state index in [4.69, 9.17) is 4.98 Å². The molecule has 3 aromatic carbocycles. The van der Waals surface area contributed by atoms with Gasteiger partial charge in [0.1, 0.15) is 17.4 Å². The van der Waals surface area contributed by atoms with Crippen molar-refractivity contribution in [3.8, 4) is 17.0 Å². The van der Waals surface area contributed by atoms with Crippen molar-refractivity contribution in [3.05, 3.63) is 107 Å². The summed E-state index contributed by atoms with van der Waals surface area (Å²) in [6.07, 6.45) is -2.77. The number of H-pyrrole nitrogens is 1. The molecule has 0 saturated heterocycles. The summed E-state index contributed by atoms with van der Waals surface area (Å²) in [6.45, 7) is 1.89. The number of aromatic amines is 1. The Bertz CT molecular complexity index is 1630. The van der Waals surface area contributed by atoms with Crippen molar-refractivity contribution in [1.29, 1.82) is 0 Å². The number of nitrogens with one attached hydrogen (secondary N) is 2. The second-order valence-electron chi connectivity index (χ2n) is 8.58. The van der Waals surface area contributed by atoms with Crippen LogP contribution in [0.25, 0.3) is 22.3 Å². The predicted octanol–water partition coefficient (Wildman–Crippen LogP) is 6.81. The second-order valence-corrected chi connectivity index (χ2v) is 8.58. The maximum atomic E-state index is 13.5. The maximum absolute atomic E-state index is 13.5. The molecule has 0 aliphatic carbocycles. The zero-order valence-electron chi connectivity index (χ0n) is 19.9. The Labute approximate surface area is 214 Å². The number of carbonyl (C=O) groups excluding carboxylic acids is 1. The van der Waals surface area contributed by atoms with Gasteiger partial charge in [-0.1, -0.05) is 12.1 Å². The van der Waals surface area contributed by atoms with Gasteiger partial charge >= 0.3 is 6.36 Å². The molecule has 0 spiro atoms. The first-order chi connectivity index (χ1) is 18.1. The van der Waals surface area contributed by atoms with Gasteiger partial charge in [0.15, 0.2) is 0 Å². The molecule has 0 saturated carbocycles. The van der Waals surface area contributed by atoms with Crippen LogP contribution in [0.1, 0.15) is 27.3 Å². The number of halogens is 4. The van der Waals surface area contributed by atoms with Crippen LogP contribution in [0.4, 0.5) is 23.2 Å². The molecule has 2 heterocycles. The molecule has 10 heteroatoms. The van der Waals surface area contributed by atoms with Crippen LogP contribution >= 0.6 is 0 Å². The minimum absolute atomic E-state index is 0.157. The van der Waals surface area contributed by atoms with E-state index < -0.39 is 18.0 Å². The van der Waals surface area contributed by atoms with E-state index in [0.717, 1.165) is 34.3 Å². The molecule has 5 rings (SSSR count). The molecule has 6 nitrogen and oxygen atoms in total. The Morgan fingerprint density at radius 1 is 1.00 bits per heavy atom. The summed E-state index contributed by atoms with van der Waals surface area (Å²) in [7, 11) is 0. The molecule has 0 aliphatic rings. The minimum Gasteiger partial charge on any atom is -0.406 e. The third kappa shape index (κ3) is 5.64. The number of aryl methyl sites for hydroxylation is 1. The third-order valence-corrected chi connectivity index (χ3v) is 5.86. The number of amides is 1. The largest absolute Gasteiger partial charge is 0.573 e. The number of nitrogens with zero attached hydrogens (tertiary/aromatic N) is 2. The van der Waals surface area contributed by atoms with Gasteiger partial charge in [0.25, 0.3) is 5.91 Å². The van der Waals surface area contributed by atoms with Crippen LogP contribution in [0.5, 0.6) is 5.75 Å².